The fourth-order valence-electron chi connectivity index (χ4n) is 1.89. The van der Waals surface area contributed by atoms with Crippen molar-refractivity contribution in [3.63, 3.8) is 0 Å². The number of aromatic nitrogens is 2. The molecule has 0 aromatic carbocycles. The molecule has 0 saturated carbocycles. The molecule has 0 amide bonds. The average Bonchev–Trinajstić information content (AvgIpc) is 2.74. The van der Waals surface area contributed by atoms with Crippen molar-refractivity contribution in [1.29, 1.82) is 0 Å². The fraction of sp³-hybridized carbons (Fsp3) is 0.600. The van der Waals surface area contributed by atoms with E-state index in [9.17, 15) is 9.59 Å². The summed E-state index contributed by atoms with van der Waals surface area (Å²) < 4.78 is 7.78. The minimum Gasteiger partial charge on any atom is -0.406 e. The summed E-state index contributed by atoms with van der Waals surface area (Å²) in [5.41, 5.74) is -0.602. The second kappa shape index (κ2) is 5.71. The van der Waals surface area contributed by atoms with Crippen molar-refractivity contribution < 1.29 is 14.0 Å². The summed E-state index contributed by atoms with van der Waals surface area (Å²) in [5, 5.41) is 0.0146. The van der Waals surface area contributed by atoms with E-state index in [0.29, 0.717) is 6.29 Å². The SMILES string of the molecule is CC(C)(O[Si](C)(C)C(C)(C)C)C(=C=O)n1ccnc1C=O. The molecule has 0 aliphatic heterocycles. The Balaban J connectivity index is 3.23. The van der Waals surface area contributed by atoms with Gasteiger partial charge in [-0.25, -0.2) is 9.78 Å². The number of rotatable bonds is 5. The molecule has 1 aromatic heterocycles. The van der Waals surface area contributed by atoms with Gasteiger partial charge in [-0.05, 0) is 32.0 Å². The van der Waals surface area contributed by atoms with E-state index in [0.717, 1.165) is 0 Å². The summed E-state index contributed by atoms with van der Waals surface area (Å²) in [6, 6.07) is 0. The molecule has 0 N–H and O–H groups in total. The number of aldehydes is 1. The summed E-state index contributed by atoms with van der Waals surface area (Å²) in [4.78, 5) is 26.4. The third kappa shape index (κ3) is 3.58. The van der Waals surface area contributed by atoms with E-state index < -0.39 is 13.9 Å². The molecule has 5 nitrogen and oxygen atoms in total. The van der Waals surface area contributed by atoms with Crippen molar-refractivity contribution in [3.05, 3.63) is 18.2 Å². The Kier molecular flexibility index (Phi) is 4.78. The van der Waals surface area contributed by atoms with Crippen LogP contribution in [0, 0.1) is 0 Å². The molecule has 0 aliphatic carbocycles. The third-order valence-electron chi connectivity index (χ3n) is 4.00. The van der Waals surface area contributed by atoms with E-state index in [2.05, 4.69) is 38.8 Å². The normalized spacial score (nSPS) is 12.9. The van der Waals surface area contributed by atoms with E-state index in [-0.39, 0.29) is 16.6 Å². The molecular formula is C15H24N2O3Si. The molecule has 0 spiro atoms. The van der Waals surface area contributed by atoms with Gasteiger partial charge in [0.1, 0.15) is 17.2 Å². The van der Waals surface area contributed by atoms with Gasteiger partial charge in [0.2, 0.25) is 0 Å². The number of hydrogen-bond acceptors (Lipinski definition) is 4. The number of hydrogen-bond donors (Lipinski definition) is 0. The Hall–Kier alpha value is -1.49. The van der Waals surface area contributed by atoms with Gasteiger partial charge in [0, 0.05) is 12.4 Å². The fourth-order valence-corrected chi connectivity index (χ4v) is 3.57. The molecule has 0 fully saturated rings. The molecule has 21 heavy (non-hydrogen) atoms. The van der Waals surface area contributed by atoms with E-state index >= 15 is 0 Å². The highest BCUT2D eigenvalue weighted by molar-refractivity contribution is 6.74. The Morgan fingerprint density at radius 1 is 1.33 bits per heavy atom. The first-order valence-corrected chi connectivity index (χ1v) is 9.82. The summed E-state index contributed by atoms with van der Waals surface area (Å²) in [6.07, 6.45) is 3.66. The Morgan fingerprint density at radius 2 is 1.90 bits per heavy atom. The van der Waals surface area contributed by atoms with Crippen molar-refractivity contribution in [2.24, 2.45) is 0 Å². The number of carbonyl (C=O) groups is 1. The zero-order chi connectivity index (χ0) is 16.5. The first-order valence-electron chi connectivity index (χ1n) is 6.91. The number of carbonyl (C=O) groups excluding carboxylic acids is 2. The lowest BCUT2D eigenvalue weighted by Gasteiger charge is -2.42. The summed E-state index contributed by atoms with van der Waals surface area (Å²) >= 11 is 0. The van der Waals surface area contributed by atoms with Crippen LogP contribution in [0.15, 0.2) is 12.4 Å². The minimum absolute atomic E-state index is 0.0146. The molecule has 0 radical (unpaired) electrons. The van der Waals surface area contributed by atoms with Crippen LogP contribution in [0.5, 0.6) is 0 Å². The van der Waals surface area contributed by atoms with Crippen LogP contribution in [0.3, 0.4) is 0 Å². The van der Waals surface area contributed by atoms with E-state index in [1.54, 1.807) is 6.20 Å². The van der Waals surface area contributed by atoms with Gasteiger partial charge in [-0.1, -0.05) is 20.8 Å². The standard InChI is InChI=1S/C15H24N2O3Si/c1-14(2,3)21(6,7)20-15(4,5)12(10-18)17-9-8-16-13(17)11-19/h8-9,11H,1-7H3. The van der Waals surface area contributed by atoms with Gasteiger partial charge in [0.05, 0.1) is 0 Å². The van der Waals surface area contributed by atoms with Crippen molar-refractivity contribution in [2.45, 2.75) is 58.4 Å². The molecule has 0 atom stereocenters. The minimum atomic E-state index is -2.08. The van der Waals surface area contributed by atoms with Crippen LogP contribution in [-0.2, 0) is 9.22 Å². The molecule has 6 heteroatoms. The molecule has 1 rings (SSSR count). The van der Waals surface area contributed by atoms with Crippen molar-refractivity contribution in [3.8, 4) is 0 Å². The quantitative estimate of drug-likeness (QED) is 0.476. The van der Waals surface area contributed by atoms with Crippen LogP contribution < -0.4 is 0 Å². The summed E-state index contributed by atoms with van der Waals surface area (Å²) in [6.45, 7) is 14.3. The summed E-state index contributed by atoms with van der Waals surface area (Å²) in [5.74, 6) is 2.09. The van der Waals surface area contributed by atoms with Gasteiger partial charge >= 0.3 is 0 Å². The average molecular weight is 308 g/mol. The number of nitrogens with zero attached hydrogens (tertiary/aromatic N) is 2. The van der Waals surface area contributed by atoms with Gasteiger partial charge in [-0.15, -0.1) is 0 Å². The van der Waals surface area contributed by atoms with Gasteiger partial charge in [0.25, 0.3) is 0 Å². The molecule has 1 heterocycles. The highest BCUT2D eigenvalue weighted by Crippen LogP contribution is 2.41. The second-order valence-electron chi connectivity index (χ2n) is 7.10. The number of imidazole rings is 1. The molecule has 0 unspecified atom stereocenters. The van der Waals surface area contributed by atoms with Crippen LogP contribution in [0.2, 0.25) is 18.1 Å². The second-order valence-corrected chi connectivity index (χ2v) is 11.8. The first kappa shape index (κ1) is 17.6. The van der Waals surface area contributed by atoms with Gasteiger partial charge in [0.15, 0.2) is 20.4 Å². The van der Waals surface area contributed by atoms with Crippen molar-refractivity contribution in [2.75, 3.05) is 0 Å². The van der Waals surface area contributed by atoms with Crippen LogP contribution in [0.4, 0.5) is 0 Å². The molecule has 0 saturated heterocycles. The van der Waals surface area contributed by atoms with Crippen LogP contribution in [0.25, 0.3) is 5.70 Å². The lowest BCUT2D eigenvalue weighted by atomic mass is 10.1. The Morgan fingerprint density at radius 3 is 2.33 bits per heavy atom. The van der Waals surface area contributed by atoms with E-state index in [1.807, 2.05) is 19.8 Å². The maximum atomic E-state index is 11.5. The predicted molar refractivity (Wildman–Crippen MR) is 85.4 cm³/mol. The smallest absolute Gasteiger partial charge is 0.193 e. The highest BCUT2D eigenvalue weighted by Gasteiger charge is 2.43. The molecular weight excluding hydrogens is 284 g/mol. The third-order valence-corrected chi connectivity index (χ3v) is 8.63. The van der Waals surface area contributed by atoms with E-state index in [4.69, 9.17) is 4.43 Å². The lowest BCUT2D eigenvalue weighted by Crippen LogP contribution is -2.48. The first-order chi connectivity index (χ1) is 9.46. The largest absolute Gasteiger partial charge is 0.406 e. The zero-order valence-electron chi connectivity index (χ0n) is 13.9. The molecule has 116 valence electrons. The maximum absolute atomic E-state index is 11.5. The Labute approximate surface area is 127 Å². The lowest BCUT2D eigenvalue weighted by molar-refractivity contribution is 0.111. The molecule has 0 aliphatic rings. The van der Waals surface area contributed by atoms with E-state index in [1.165, 1.54) is 10.8 Å². The zero-order valence-corrected chi connectivity index (χ0v) is 14.9. The van der Waals surface area contributed by atoms with Crippen LogP contribution in [-0.4, -0.2) is 35.7 Å². The monoisotopic (exact) mass is 308 g/mol. The molecule has 0 bridgehead atoms. The topological polar surface area (TPSA) is 61.2 Å². The highest BCUT2D eigenvalue weighted by atomic mass is 28.4. The van der Waals surface area contributed by atoms with Crippen LogP contribution in [0.1, 0.15) is 45.2 Å². The maximum Gasteiger partial charge on any atom is 0.193 e. The Bertz CT molecular complexity index is 576. The van der Waals surface area contributed by atoms with Gasteiger partial charge in [-0.2, -0.15) is 0 Å². The van der Waals surface area contributed by atoms with Gasteiger partial charge < -0.3 is 4.43 Å². The van der Waals surface area contributed by atoms with Crippen LogP contribution >= 0.6 is 0 Å². The van der Waals surface area contributed by atoms with Crippen molar-refractivity contribution >= 4 is 26.2 Å². The van der Waals surface area contributed by atoms with Crippen molar-refractivity contribution in [1.82, 2.24) is 9.55 Å². The predicted octanol–water partition coefficient (Wildman–Crippen LogP) is 3.17. The molecule has 1 aromatic rings. The summed E-state index contributed by atoms with van der Waals surface area (Å²) in [7, 11) is -2.08. The van der Waals surface area contributed by atoms with Gasteiger partial charge in [-0.3, -0.25) is 9.36 Å².